The van der Waals surface area contributed by atoms with E-state index >= 15 is 0 Å². The summed E-state index contributed by atoms with van der Waals surface area (Å²) in [4.78, 5) is 7.50. The molecule has 0 N–H and O–H groups in total. The summed E-state index contributed by atoms with van der Waals surface area (Å²) < 4.78 is 24.2. The van der Waals surface area contributed by atoms with Crippen LogP contribution in [0.3, 0.4) is 0 Å². The highest BCUT2D eigenvalue weighted by Gasteiger charge is 1.86. The van der Waals surface area contributed by atoms with Crippen molar-refractivity contribution >= 4 is 0 Å². The first-order chi connectivity index (χ1) is 7.58. The molecule has 0 saturated carbocycles. The molecule has 4 heteroatoms. The van der Waals surface area contributed by atoms with Crippen molar-refractivity contribution in [2.45, 2.75) is 13.8 Å². The zero-order valence-electron chi connectivity index (χ0n) is 9.11. The standard InChI is InChI=1S/2C6H6FN/c1-5-4-6(7)2-3-8-5;1-5-2-3-6(7)4-8-5/h2*2-4H,1H3. The molecule has 0 aromatic carbocycles. The average molecular weight is 222 g/mol. The highest BCUT2D eigenvalue weighted by Crippen LogP contribution is 1.95. The number of halogens is 2. The van der Waals surface area contributed by atoms with Gasteiger partial charge in [0.1, 0.15) is 11.6 Å². The lowest BCUT2D eigenvalue weighted by Gasteiger charge is -1.86. The van der Waals surface area contributed by atoms with Crippen molar-refractivity contribution in [2.75, 3.05) is 0 Å². The maximum absolute atomic E-state index is 12.1. The Hall–Kier alpha value is -1.84. The Labute approximate surface area is 93.0 Å². The van der Waals surface area contributed by atoms with Gasteiger partial charge in [-0.05, 0) is 38.1 Å². The number of aryl methyl sites for hydroxylation is 2. The fourth-order valence-electron chi connectivity index (χ4n) is 0.961. The molecular formula is C12H12F2N2. The summed E-state index contributed by atoms with van der Waals surface area (Å²) in [6.07, 6.45) is 2.65. The van der Waals surface area contributed by atoms with Crippen molar-refractivity contribution in [3.63, 3.8) is 0 Å². The molecule has 0 radical (unpaired) electrons. The van der Waals surface area contributed by atoms with Gasteiger partial charge in [-0.2, -0.15) is 0 Å². The summed E-state index contributed by atoms with van der Waals surface area (Å²) >= 11 is 0. The maximum atomic E-state index is 12.1. The molecule has 16 heavy (non-hydrogen) atoms. The second-order valence-electron chi connectivity index (χ2n) is 3.23. The van der Waals surface area contributed by atoms with E-state index in [1.54, 1.807) is 13.0 Å². The molecule has 0 atom stereocenters. The van der Waals surface area contributed by atoms with Crippen LogP contribution in [0.1, 0.15) is 11.4 Å². The van der Waals surface area contributed by atoms with Gasteiger partial charge in [-0.3, -0.25) is 9.97 Å². The number of rotatable bonds is 0. The molecule has 2 aromatic rings. The van der Waals surface area contributed by atoms with Gasteiger partial charge >= 0.3 is 0 Å². The molecule has 0 unspecified atom stereocenters. The molecule has 2 heterocycles. The van der Waals surface area contributed by atoms with Crippen LogP contribution in [0.4, 0.5) is 8.78 Å². The van der Waals surface area contributed by atoms with Crippen molar-refractivity contribution in [1.82, 2.24) is 9.97 Å². The third-order valence-electron chi connectivity index (χ3n) is 1.73. The quantitative estimate of drug-likeness (QED) is 0.684. The average Bonchev–Trinajstić information content (AvgIpc) is 2.23. The molecular weight excluding hydrogens is 210 g/mol. The summed E-state index contributed by atoms with van der Waals surface area (Å²) in [6, 6.07) is 5.74. The van der Waals surface area contributed by atoms with Crippen molar-refractivity contribution in [3.8, 4) is 0 Å². The molecule has 2 rings (SSSR count). The Bertz CT molecular complexity index is 403. The van der Waals surface area contributed by atoms with Gasteiger partial charge in [-0.1, -0.05) is 0 Å². The van der Waals surface area contributed by atoms with Crippen molar-refractivity contribution in [1.29, 1.82) is 0 Å². The van der Waals surface area contributed by atoms with Crippen LogP contribution in [-0.4, -0.2) is 9.97 Å². The van der Waals surface area contributed by atoms with E-state index in [4.69, 9.17) is 0 Å². The smallest absolute Gasteiger partial charge is 0.141 e. The van der Waals surface area contributed by atoms with Crippen molar-refractivity contribution in [2.24, 2.45) is 0 Å². The van der Waals surface area contributed by atoms with Gasteiger partial charge in [0.15, 0.2) is 0 Å². The molecule has 0 aliphatic carbocycles. The van der Waals surface area contributed by atoms with Crippen molar-refractivity contribution < 1.29 is 8.78 Å². The molecule has 0 aliphatic heterocycles. The third kappa shape index (κ3) is 4.59. The second-order valence-corrected chi connectivity index (χ2v) is 3.23. The van der Waals surface area contributed by atoms with E-state index < -0.39 is 0 Å². The summed E-state index contributed by atoms with van der Waals surface area (Å²) in [5.41, 5.74) is 1.55. The van der Waals surface area contributed by atoms with Crippen LogP contribution in [0.15, 0.2) is 36.7 Å². The van der Waals surface area contributed by atoms with Gasteiger partial charge in [0, 0.05) is 17.6 Å². The predicted octanol–water partition coefficient (Wildman–Crippen LogP) is 3.06. The first-order valence-corrected chi connectivity index (χ1v) is 4.74. The number of hydrogen-bond donors (Lipinski definition) is 0. The molecule has 0 spiro atoms. The lowest BCUT2D eigenvalue weighted by Crippen LogP contribution is -1.79. The zero-order valence-corrected chi connectivity index (χ0v) is 9.11. The molecule has 2 aromatic heterocycles. The molecule has 0 bridgehead atoms. The Morgan fingerprint density at radius 1 is 0.875 bits per heavy atom. The van der Waals surface area contributed by atoms with Crippen LogP contribution in [0.5, 0.6) is 0 Å². The van der Waals surface area contributed by atoms with E-state index in [9.17, 15) is 8.78 Å². The summed E-state index contributed by atoms with van der Waals surface area (Å²) in [6.45, 7) is 3.57. The van der Waals surface area contributed by atoms with E-state index in [0.717, 1.165) is 5.69 Å². The Kier molecular flexibility index (Phi) is 4.51. The first kappa shape index (κ1) is 12.2. The van der Waals surface area contributed by atoms with Gasteiger partial charge in [0.2, 0.25) is 0 Å². The van der Waals surface area contributed by atoms with Gasteiger partial charge < -0.3 is 0 Å². The van der Waals surface area contributed by atoms with Crippen LogP contribution < -0.4 is 0 Å². The molecule has 0 aliphatic rings. The van der Waals surface area contributed by atoms with Crippen LogP contribution in [0.25, 0.3) is 0 Å². The van der Waals surface area contributed by atoms with Gasteiger partial charge in [-0.15, -0.1) is 0 Å². The number of aromatic nitrogens is 2. The summed E-state index contributed by atoms with van der Waals surface area (Å²) in [5.74, 6) is -0.506. The van der Waals surface area contributed by atoms with Gasteiger partial charge in [-0.25, -0.2) is 8.78 Å². The van der Waals surface area contributed by atoms with E-state index in [1.165, 1.54) is 30.6 Å². The Balaban J connectivity index is 0.000000160. The lowest BCUT2D eigenvalue weighted by atomic mass is 10.4. The molecule has 2 nitrogen and oxygen atoms in total. The molecule has 0 saturated heterocycles. The largest absolute Gasteiger partial charge is 0.261 e. The van der Waals surface area contributed by atoms with Crippen molar-refractivity contribution in [3.05, 3.63) is 59.7 Å². The minimum Gasteiger partial charge on any atom is -0.261 e. The topological polar surface area (TPSA) is 25.8 Å². The third-order valence-corrected chi connectivity index (χ3v) is 1.73. The monoisotopic (exact) mass is 222 g/mol. The number of pyridine rings is 2. The minimum atomic E-state index is -0.282. The second kappa shape index (κ2) is 5.90. The van der Waals surface area contributed by atoms with E-state index in [2.05, 4.69) is 9.97 Å². The highest BCUT2D eigenvalue weighted by molar-refractivity contribution is 5.03. The molecule has 0 amide bonds. The fraction of sp³-hybridized carbons (Fsp3) is 0.167. The summed E-state index contributed by atoms with van der Waals surface area (Å²) in [5, 5.41) is 0. The predicted molar refractivity (Wildman–Crippen MR) is 57.9 cm³/mol. The minimum absolute atomic E-state index is 0.225. The van der Waals surface area contributed by atoms with Gasteiger partial charge in [0.05, 0.1) is 6.20 Å². The molecule has 0 fully saturated rings. The van der Waals surface area contributed by atoms with E-state index in [1.807, 2.05) is 6.92 Å². The van der Waals surface area contributed by atoms with Gasteiger partial charge in [0.25, 0.3) is 0 Å². The van der Waals surface area contributed by atoms with Crippen LogP contribution in [0, 0.1) is 25.5 Å². The number of hydrogen-bond acceptors (Lipinski definition) is 2. The maximum Gasteiger partial charge on any atom is 0.141 e. The SMILES string of the molecule is Cc1cc(F)ccn1.Cc1ccc(F)cn1. The number of nitrogens with zero attached hydrogens (tertiary/aromatic N) is 2. The lowest BCUT2D eigenvalue weighted by molar-refractivity contribution is 0.620. The van der Waals surface area contributed by atoms with E-state index in [-0.39, 0.29) is 11.6 Å². The van der Waals surface area contributed by atoms with E-state index in [0.29, 0.717) is 5.69 Å². The first-order valence-electron chi connectivity index (χ1n) is 4.74. The highest BCUT2D eigenvalue weighted by atomic mass is 19.1. The normalized spacial score (nSPS) is 9.25. The van der Waals surface area contributed by atoms with Crippen LogP contribution in [-0.2, 0) is 0 Å². The Morgan fingerprint density at radius 3 is 2.00 bits per heavy atom. The zero-order chi connectivity index (χ0) is 12.0. The van der Waals surface area contributed by atoms with Crippen LogP contribution >= 0.6 is 0 Å². The van der Waals surface area contributed by atoms with Crippen LogP contribution in [0.2, 0.25) is 0 Å². The fourth-order valence-corrected chi connectivity index (χ4v) is 0.961. The molecule has 84 valence electrons. The Morgan fingerprint density at radius 2 is 1.62 bits per heavy atom. The summed E-state index contributed by atoms with van der Waals surface area (Å²) in [7, 11) is 0.